The van der Waals surface area contributed by atoms with E-state index in [0.717, 1.165) is 12.8 Å². The molecule has 1 aliphatic carbocycles. The normalized spacial score (nSPS) is 21.0. The van der Waals surface area contributed by atoms with E-state index in [1.54, 1.807) is 0 Å². The molecule has 0 aromatic carbocycles. The molecule has 1 nitrogen and oxygen atoms in total. The molecule has 0 amide bonds. The summed E-state index contributed by atoms with van der Waals surface area (Å²) in [6, 6.07) is 0.333. The van der Waals surface area contributed by atoms with Gasteiger partial charge in [-0.05, 0) is 0 Å². The summed E-state index contributed by atoms with van der Waals surface area (Å²) in [5.74, 6) is 0. The second-order valence-electron chi connectivity index (χ2n) is 1.27. The van der Waals surface area contributed by atoms with Gasteiger partial charge in [-0.15, -0.1) is 6.04 Å². The SMILES string of the molecule is [ClH2+].[NH-]C1CC1. The van der Waals surface area contributed by atoms with Gasteiger partial charge in [0.2, 0.25) is 0 Å². The molecule has 0 heterocycles. The van der Waals surface area contributed by atoms with Crippen molar-refractivity contribution in [3.63, 3.8) is 0 Å². The number of rotatable bonds is 0. The Balaban J connectivity index is 0.000000160. The maximum absolute atomic E-state index is 6.69. The molecule has 1 saturated carbocycles. The van der Waals surface area contributed by atoms with Crippen molar-refractivity contribution in [3.8, 4) is 0 Å². The van der Waals surface area contributed by atoms with Crippen LogP contribution in [-0.2, 0) is 0 Å². The highest BCUT2D eigenvalue weighted by Crippen LogP contribution is 2.20. The minimum Gasteiger partial charge on any atom is -0.675 e. The van der Waals surface area contributed by atoms with E-state index in [9.17, 15) is 0 Å². The monoisotopic (exact) mass is 93.0 g/mol. The lowest BCUT2D eigenvalue weighted by molar-refractivity contribution is -0.000000878. The van der Waals surface area contributed by atoms with Gasteiger partial charge < -0.3 is 5.73 Å². The average Bonchev–Trinajstić information content (AvgIpc) is 1.75. The van der Waals surface area contributed by atoms with Crippen molar-refractivity contribution in [2.75, 3.05) is 0 Å². The van der Waals surface area contributed by atoms with Crippen LogP contribution in [0, 0.1) is 12.4 Å². The molecule has 1 rings (SSSR count). The second-order valence-corrected chi connectivity index (χ2v) is 1.27. The third kappa shape index (κ3) is 2.04. The van der Waals surface area contributed by atoms with Gasteiger partial charge in [0, 0.05) is 0 Å². The molecule has 1 aliphatic rings. The smallest absolute Gasteiger partial charge is 0.0903 e. The Bertz CT molecular complexity index is 26.1. The van der Waals surface area contributed by atoms with Gasteiger partial charge in [0.15, 0.2) is 0 Å². The molecule has 5 heavy (non-hydrogen) atoms. The quantitative estimate of drug-likeness (QED) is 0.420. The van der Waals surface area contributed by atoms with Gasteiger partial charge in [0.05, 0.1) is 12.4 Å². The maximum Gasteiger partial charge on any atom is 0.0903 e. The van der Waals surface area contributed by atoms with Crippen LogP contribution in [0.5, 0.6) is 0 Å². The zero-order valence-electron chi connectivity index (χ0n) is 2.94. The molecule has 0 unspecified atom stereocenters. The molecule has 32 valence electrons. The zero-order valence-corrected chi connectivity index (χ0v) is 3.83. The first-order chi connectivity index (χ1) is 1.89. The van der Waals surface area contributed by atoms with Crippen LogP contribution in [0.4, 0.5) is 0 Å². The minimum absolute atomic E-state index is 0. The Morgan fingerprint density at radius 2 is 1.60 bits per heavy atom. The summed E-state index contributed by atoms with van der Waals surface area (Å²) in [4.78, 5) is 0. The molecule has 1 fully saturated rings. The van der Waals surface area contributed by atoms with Crippen molar-refractivity contribution >= 4 is 0 Å². The second kappa shape index (κ2) is 1.63. The van der Waals surface area contributed by atoms with Crippen molar-refractivity contribution in [2.45, 2.75) is 18.9 Å². The Morgan fingerprint density at radius 1 is 1.40 bits per heavy atom. The summed E-state index contributed by atoms with van der Waals surface area (Å²) in [5.41, 5.74) is 6.69. The van der Waals surface area contributed by atoms with Crippen LogP contribution in [0.25, 0.3) is 5.73 Å². The van der Waals surface area contributed by atoms with Crippen LogP contribution in [0.3, 0.4) is 0 Å². The molecule has 0 aliphatic heterocycles. The van der Waals surface area contributed by atoms with Crippen LogP contribution >= 0.6 is 0 Å². The highest BCUT2D eigenvalue weighted by atomic mass is 35.5. The first kappa shape index (κ1) is 5.25. The van der Waals surface area contributed by atoms with Crippen LogP contribution in [-0.4, -0.2) is 6.04 Å². The van der Waals surface area contributed by atoms with Crippen molar-refractivity contribution < 1.29 is 12.4 Å². The lowest BCUT2D eigenvalue weighted by atomic mass is 10.8. The molecule has 2 heteroatoms. The van der Waals surface area contributed by atoms with Gasteiger partial charge in [-0.25, -0.2) is 0 Å². The topological polar surface area (TPSA) is 23.8 Å². The number of nitrogens with one attached hydrogen (secondary N) is 1. The molecule has 0 spiro atoms. The number of hydrogen-bond acceptors (Lipinski definition) is 0. The third-order valence-electron chi connectivity index (χ3n) is 0.577. The summed E-state index contributed by atoms with van der Waals surface area (Å²) in [5, 5.41) is 0. The van der Waals surface area contributed by atoms with Gasteiger partial charge in [0.25, 0.3) is 0 Å². The largest absolute Gasteiger partial charge is 0.675 e. The predicted octanol–water partition coefficient (Wildman–Crippen LogP) is 0.666. The van der Waals surface area contributed by atoms with E-state index in [0.29, 0.717) is 6.04 Å². The van der Waals surface area contributed by atoms with Crippen molar-refractivity contribution in [1.82, 2.24) is 0 Å². The molecule has 0 atom stereocenters. The zero-order chi connectivity index (χ0) is 2.99. The van der Waals surface area contributed by atoms with Crippen LogP contribution in [0.15, 0.2) is 0 Å². The number of hydrogen-bond donors (Lipinski definition) is 0. The summed E-state index contributed by atoms with van der Waals surface area (Å²) in [6.07, 6.45) is 2.31. The highest BCUT2D eigenvalue weighted by molar-refractivity contribution is 4.87. The average molecular weight is 93.6 g/mol. The third-order valence-corrected chi connectivity index (χ3v) is 0.577. The van der Waals surface area contributed by atoms with Crippen LogP contribution in [0.2, 0.25) is 0 Å². The molecule has 0 aromatic heterocycles. The van der Waals surface area contributed by atoms with E-state index in [2.05, 4.69) is 0 Å². The predicted molar refractivity (Wildman–Crippen MR) is 20.1 cm³/mol. The summed E-state index contributed by atoms with van der Waals surface area (Å²) in [7, 11) is 0. The van der Waals surface area contributed by atoms with E-state index >= 15 is 0 Å². The standard InChI is InChI=1S/C3H6N.ClH2/c4-3-1-2-3;/h3-4H,1-2H2;1H2/q-1;+1. The lowest BCUT2D eigenvalue weighted by Crippen LogP contribution is -1.51. The minimum atomic E-state index is 0. The van der Waals surface area contributed by atoms with E-state index in [4.69, 9.17) is 5.73 Å². The van der Waals surface area contributed by atoms with Crippen molar-refractivity contribution in [2.24, 2.45) is 0 Å². The molecular weight excluding hydrogens is 85.5 g/mol. The van der Waals surface area contributed by atoms with Crippen LogP contribution in [0.1, 0.15) is 12.8 Å². The molecule has 0 radical (unpaired) electrons. The lowest BCUT2D eigenvalue weighted by Gasteiger charge is -1.78. The molecule has 0 aromatic rings. The van der Waals surface area contributed by atoms with Gasteiger partial charge >= 0.3 is 0 Å². The summed E-state index contributed by atoms with van der Waals surface area (Å²) < 4.78 is 0. The number of halogens is 1. The van der Waals surface area contributed by atoms with Crippen LogP contribution < -0.4 is 0 Å². The highest BCUT2D eigenvalue weighted by Gasteiger charge is 2.04. The van der Waals surface area contributed by atoms with Crippen molar-refractivity contribution in [3.05, 3.63) is 5.73 Å². The molecule has 0 saturated heterocycles. The van der Waals surface area contributed by atoms with Gasteiger partial charge in [-0.2, -0.15) is 0 Å². The first-order valence-electron chi connectivity index (χ1n) is 1.61. The molecule has 1 N–H and O–H groups in total. The molecule has 0 bridgehead atoms. The first-order valence-corrected chi connectivity index (χ1v) is 1.61. The Kier molecular flexibility index (Phi) is 1.71. The van der Waals surface area contributed by atoms with E-state index in [1.807, 2.05) is 0 Å². The van der Waals surface area contributed by atoms with E-state index in [1.165, 1.54) is 0 Å². The molecular formula is C3H8ClN. The van der Waals surface area contributed by atoms with Gasteiger partial charge in [-0.1, -0.05) is 12.8 Å². The fourth-order valence-corrected chi connectivity index (χ4v) is 0.0833. The fraction of sp³-hybridized carbons (Fsp3) is 1.00. The fourth-order valence-electron chi connectivity index (χ4n) is 0.0833. The Hall–Kier alpha value is 0.250. The van der Waals surface area contributed by atoms with Crippen molar-refractivity contribution in [1.29, 1.82) is 0 Å². The van der Waals surface area contributed by atoms with Gasteiger partial charge in [-0.3, -0.25) is 0 Å². The van der Waals surface area contributed by atoms with E-state index in [-0.39, 0.29) is 12.4 Å². The Labute approximate surface area is 38.0 Å². The summed E-state index contributed by atoms with van der Waals surface area (Å²) >= 11 is 0. The Morgan fingerprint density at radius 3 is 1.60 bits per heavy atom. The maximum atomic E-state index is 6.69. The van der Waals surface area contributed by atoms with Gasteiger partial charge in [0.1, 0.15) is 0 Å². The van der Waals surface area contributed by atoms with E-state index < -0.39 is 0 Å². The summed E-state index contributed by atoms with van der Waals surface area (Å²) in [6.45, 7) is 0.